The summed E-state index contributed by atoms with van der Waals surface area (Å²) in [6.45, 7) is 3.63. The largest absolute Gasteiger partial charge is 0.387 e. The van der Waals surface area contributed by atoms with E-state index in [0.29, 0.717) is 0 Å². The highest BCUT2D eigenvalue weighted by molar-refractivity contribution is 7.89. The Kier molecular flexibility index (Phi) is 4.35. The lowest BCUT2D eigenvalue weighted by molar-refractivity contribution is 0.495. The molecule has 0 saturated carbocycles. The van der Waals surface area contributed by atoms with E-state index in [4.69, 9.17) is 11.1 Å². The third kappa shape index (κ3) is 4.84. The van der Waals surface area contributed by atoms with Crippen LogP contribution in [0.25, 0.3) is 0 Å². The summed E-state index contributed by atoms with van der Waals surface area (Å²) in [6, 6.07) is 0. The zero-order valence-corrected chi connectivity index (χ0v) is 9.06. The Morgan fingerprint density at radius 1 is 1.54 bits per heavy atom. The van der Waals surface area contributed by atoms with Crippen LogP contribution in [-0.4, -0.2) is 37.9 Å². The van der Waals surface area contributed by atoms with Crippen LogP contribution in [0.2, 0.25) is 0 Å². The van der Waals surface area contributed by atoms with E-state index in [1.807, 2.05) is 13.8 Å². The number of nitrogens with zero attached hydrogens (tertiary/aromatic N) is 1. The molecule has 0 spiro atoms. The molecule has 0 bridgehead atoms. The Bertz CT molecular complexity index is 271. The van der Waals surface area contributed by atoms with Crippen LogP contribution < -0.4 is 5.73 Å². The fraction of sp³-hybridized carbons (Fsp3) is 0.857. The first-order chi connectivity index (χ1) is 5.75. The van der Waals surface area contributed by atoms with Gasteiger partial charge >= 0.3 is 0 Å². The van der Waals surface area contributed by atoms with Gasteiger partial charge in [0.1, 0.15) is 5.84 Å². The normalized spacial score (nSPS) is 12.4. The van der Waals surface area contributed by atoms with Gasteiger partial charge in [-0.1, -0.05) is 13.8 Å². The van der Waals surface area contributed by atoms with Crippen molar-refractivity contribution in [2.24, 2.45) is 11.7 Å². The van der Waals surface area contributed by atoms with Crippen molar-refractivity contribution in [2.45, 2.75) is 13.8 Å². The highest BCUT2D eigenvalue weighted by Gasteiger charge is 2.19. The van der Waals surface area contributed by atoms with Crippen LogP contribution in [0.4, 0.5) is 0 Å². The smallest absolute Gasteiger partial charge is 0.214 e. The first kappa shape index (κ1) is 12.4. The molecule has 6 heteroatoms. The van der Waals surface area contributed by atoms with Crippen LogP contribution in [-0.2, 0) is 10.0 Å². The maximum atomic E-state index is 11.5. The van der Waals surface area contributed by atoms with Gasteiger partial charge in [-0.05, 0) is 5.92 Å². The topological polar surface area (TPSA) is 87.2 Å². The molecule has 0 heterocycles. The molecule has 0 radical (unpaired) electrons. The minimum Gasteiger partial charge on any atom is -0.387 e. The zero-order chi connectivity index (χ0) is 10.6. The van der Waals surface area contributed by atoms with E-state index in [1.165, 1.54) is 7.05 Å². The maximum Gasteiger partial charge on any atom is 0.214 e. The molecule has 13 heavy (non-hydrogen) atoms. The summed E-state index contributed by atoms with van der Waals surface area (Å²) in [5.41, 5.74) is 5.10. The summed E-state index contributed by atoms with van der Waals surface area (Å²) in [5, 5.41) is 6.96. The third-order valence-corrected chi connectivity index (χ3v) is 3.58. The number of sulfonamides is 1. The van der Waals surface area contributed by atoms with Gasteiger partial charge in [0.25, 0.3) is 0 Å². The van der Waals surface area contributed by atoms with E-state index in [9.17, 15) is 8.42 Å². The highest BCUT2D eigenvalue weighted by atomic mass is 32.2. The Morgan fingerprint density at radius 3 is 2.31 bits per heavy atom. The number of nitrogens with two attached hydrogens (primary N) is 1. The van der Waals surface area contributed by atoms with E-state index in [0.717, 1.165) is 4.31 Å². The maximum absolute atomic E-state index is 11.5. The zero-order valence-electron chi connectivity index (χ0n) is 8.24. The minimum absolute atomic E-state index is 0.0327. The summed E-state index contributed by atoms with van der Waals surface area (Å²) in [5.74, 6) is 0.0331. The van der Waals surface area contributed by atoms with E-state index in [-0.39, 0.29) is 24.1 Å². The molecule has 0 fully saturated rings. The molecular formula is C7H17N3O2S. The van der Waals surface area contributed by atoms with Gasteiger partial charge in [-0.3, -0.25) is 5.41 Å². The molecule has 0 rings (SSSR count). The molecular weight excluding hydrogens is 190 g/mol. The molecule has 78 valence electrons. The fourth-order valence-corrected chi connectivity index (χ4v) is 2.32. The van der Waals surface area contributed by atoms with Gasteiger partial charge in [0, 0.05) is 7.05 Å². The van der Waals surface area contributed by atoms with Crippen molar-refractivity contribution in [3.05, 3.63) is 0 Å². The predicted octanol–water partition coefficient (Wildman–Crippen LogP) is -0.160. The van der Waals surface area contributed by atoms with Gasteiger partial charge in [-0.25, -0.2) is 8.42 Å². The number of nitrogens with one attached hydrogen (secondary N) is 1. The van der Waals surface area contributed by atoms with Crippen LogP contribution in [0.1, 0.15) is 13.8 Å². The quantitative estimate of drug-likeness (QED) is 0.485. The minimum atomic E-state index is -3.24. The van der Waals surface area contributed by atoms with Crippen molar-refractivity contribution in [1.29, 1.82) is 5.41 Å². The molecule has 3 N–H and O–H groups in total. The predicted molar refractivity (Wildman–Crippen MR) is 53.2 cm³/mol. The van der Waals surface area contributed by atoms with Crippen LogP contribution in [0, 0.1) is 11.3 Å². The van der Waals surface area contributed by atoms with Gasteiger partial charge in [0.15, 0.2) is 0 Å². The second-order valence-corrected chi connectivity index (χ2v) is 5.57. The summed E-state index contributed by atoms with van der Waals surface area (Å²) in [7, 11) is -1.81. The van der Waals surface area contributed by atoms with E-state index < -0.39 is 10.0 Å². The lowest BCUT2D eigenvalue weighted by Crippen LogP contribution is -2.37. The SMILES string of the molecule is CC(C)CS(=O)(=O)N(C)CC(=N)N. The molecule has 0 amide bonds. The first-order valence-corrected chi connectivity index (χ1v) is 5.63. The van der Waals surface area contributed by atoms with E-state index in [1.54, 1.807) is 0 Å². The number of hydrogen-bond donors (Lipinski definition) is 2. The number of hydrogen-bond acceptors (Lipinski definition) is 3. The van der Waals surface area contributed by atoms with Gasteiger partial charge < -0.3 is 5.73 Å². The van der Waals surface area contributed by atoms with Gasteiger partial charge in [0.05, 0.1) is 12.3 Å². The van der Waals surface area contributed by atoms with Crippen molar-refractivity contribution < 1.29 is 8.42 Å². The summed E-state index contributed by atoms with van der Waals surface area (Å²) < 4.78 is 24.0. The Morgan fingerprint density at radius 2 is 2.00 bits per heavy atom. The second-order valence-electron chi connectivity index (χ2n) is 3.45. The molecule has 0 aromatic carbocycles. The van der Waals surface area contributed by atoms with Crippen LogP contribution in [0.15, 0.2) is 0 Å². The molecule has 0 unspecified atom stereocenters. The standard InChI is InChI=1S/C7H17N3O2S/c1-6(2)5-13(11,12)10(3)4-7(8)9/h6H,4-5H2,1-3H3,(H3,8,9). The Labute approximate surface area is 79.5 Å². The van der Waals surface area contributed by atoms with E-state index >= 15 is 0 Å². The van der Waals surface area contributed by atoms with Crippen LogP contribution in [0.3, 0.4) is 0 Å². The molecule has 0 atom stereocenters. The van der Waals surface area contributed by atoms with Gasteiger partial charge in [-0.2, -0.15) is 4.31 Å². The summed E-state index contributed by atoms with van der Waals surface area (Å²) >= 11 is 0. The molecule has 0 aromatic rings. The average Bonchev–Trinajstić information content (AvgIpc) is 1.81. The van der Waals surface area contributed by atoms with Gasteiger partial charge in [-0.15, -0.1) is 0 Å². The molecule has 0 saturated heterocycles. The number of likely N-dealkylation sites (N-methyl/N-ethyl adjacent to an activating group) is 1. The third-order valence-electron chi connectivity index (χ3n) is 1.41. The second kappa shape index (κ2) is 4.57. The lowest BCUT2D eigenvalue weighted by atomic mass is 10.3. The Balaban J connectivity index is 4.37. The van der Waals surface area contributed by atoms with Crippen molar-refractivity contribution >= 4 is 15.9 Å². The van der Waals surface area contributed by atoms with E-state index in [2.05, 4.69) is 0 Å². The van der Waals surface area contributed by atoms with Gasteiger partial charge in [0.2, 0.25) is 10.0 Å². The molecule has 0 aliphatic heterocycles. The molecule has 0 aliphatic carbocycles. The van der Waals surface area contributed by atoms with Crippen molar-refractivity contribution in [3.63, 3.8) is 0 Å². The molecule has 0 aliphatic rings. The van der Waals surface area contributed by atoms with Crippen molar-refractivity contribution in [1.82, 2.24) is 4.31 Å². The van der Waals surface area contributed by atoms with Crippen molar-refractivity contribution in [2.75, 3.05) is 19.3 Å². The molecule has 5 nitrogen and oxygen atoms in total. The Hall–Kier alpha value is -0.620. The summed E-state index contributed by atoms with van der Waals surface area (Å²) in [6.07, 6.45) is 0. The fourth-order valence-electron chi connectivity index (χ4n) is 0.887. The van der Waals surface area contributed by atoms with Crippen LogP contribution >= 0.6 is 0 Å². The average molecular weight is 207 g/mol. The number of amidine groups is 1. The molecule has 0 aromatic heterocycles. The summed E-state index contributed by atoms with van der Waals surface area (Å²) in [4.78, 5) is 0. The highest BCUT2D eigenvalue weighted by Crippen LogP contribution is 2.03. The lowest BCUT2D eigenvalue weighted by Gasteiger charge is -2.17. The first-order valence-electron chi connectivity index (χ1n) is 4.02. The van der Waals surface area contributed by atoms with Crippen molar-refractivity contribution in [3.8, 4) is 0 Å². The monoisotopic (exact) mass is 207 g/mol. The number of rotatable bonds is 5. The van der Waals surface area contributed by atoms with Crippen LogP contribution in [0.5, 0.6) is 0 Å².